The first-order valence-electron chi connectivity index (χ1n) is 4.77. The quantitative estimate of drug-likeness (QED) is 0.759. The maximum absolute atomic E-state index is 11.7. The Labute approximate surface area is 82.7 Å². The van der Waals surface area contributed by atoms with E-state index in [4.69, 9.17) is 5.73 Å². The lowest BCUT2D eigenvalue weighted by molar-refractivity contribution is 0.0778. The van der Waals surface area contributed by atoms with Crippen molar-refractivity contribution >= 4 is 11.7 Å². The van der Waals surface area contributed by atoms with Crippen molar-refractivity contribution in [1.29, 1.82) is 0 Å². The average molecular weight is 191 g/mol. The summed E-state index contributed by atoms with van der Waals surface area (Å²) < 4.78 is 0. The molecule has 0 spiro atoms. The van der Waals surface area contributed by atoms with Crippen LogP contribution in [0, 0.1) is 0 Å². The molecular weight excluding hydrogens is 178 g/mol. The van der Waals surface area contributed by atoms with Crippen LogP contribution in [0.3, 0.4) is 0 Å². The largest absolute Gasteiger partial charge is 0.384 e. The number of amides is 1. The van der Waals surface area contributed by atoms with Gasteiger partial charge in [0.25, 0.3) is 5.91 Å². The molecule has 1 aliphatic heterocycles. The normalized spacial score (nSPS) is 14.6. The van der Waals surface area contributed by atoms with Crippen molar-refractivity contribution in [2.45, 2.75) is 19.9 Å². The van der Waals surface area contributed by atoms with E-state index in [1.165, 1.54) is 0 Å². The molecule has 1 aliphatic rings. The molecule has 1 aromatic rings. The van der Waals surface area contributed by atoms with Crippen LogP contribution in [0.2, 0.25) is 0 Å². The van der Waals surface area contributed by atoms with Crippen molar-refractivity contribution in [3.8, 4) is 0 Å². The van der Waals surface area contributed by atoms with Crippen LogP contribution in [0.15, 0.2) is 12.1 Å². The summed E-state index contributed by atoms with van der Waals surface area (Å²) in [6.07, 6.45) is 0.967. The number of nitrogens with two attached hydrogens (primary N) is 1. The lowest BCUT2D eigenvalue weighted by atomic mass is 10.2. The molecule has 0 unspecified atom stereocenters. The van der Waals surface area contributed by atoms with Gasteiger partial charge in [0.2, 0.25) is 0 Å². The SMILES string of the molecule is CCCN1Cc2nc(N)ccc2C1=O. The van der Waals surface area contributed by atoms with Gasteiger partial charge in [-0.05, 0) is 18.6 Å². The third kappa shape index (κ3) is 1.32. The lowest BCUT2D eigenvalue weighted by Gasteiger charge is -2.12. The number of aromatic nitrogens is 1. The van der Waals surface area contributed by atoms with E-state index in [-0.39, 0.29) is 5.91 Å². The third-order valence-corrected chi connectivity index (χ3v) is 2.35. The number of rotatable bonds is 2. The second-order valence-corrected chi connectivity index (χ2v) is 3.46. The number of carbonyl (C=O) groups is 1. The standard InChI is InChI=1S/C10H13N3O/c1-2-5-13-6-8-7(10(13)14)3-4-9(11)12-8/h3-4H,2,5-6H2,1H3,(H2,11,12). The van der Waals surface area contributed by atoms with Gasteiger partial charge in [0, 0.05) is 6.54 Å². The zero-order valence-electron chi connectivity index (χ0n) is 8.16. The fourth-order valence-corrected chi connectivity index (χ4v) is 1.71. The molecule has 4 nitrogen and oxygen atoms in total. The lowest BCUT2D eigenvalue weighted by Crippen LogP contribution is -2.24. The number of fused-ring (bicyclic) bond motifs is 1. The molecule has 0 atom stereocenters. The zero-order chi connectivity index (χ0) is 10.1. The highest BCUT2D eigenvalue weighted by Gasteiger charge is 2.27. The van der Waals surface area contributed by atoms with Gasteiger partial charge in [-0.3, -0.25) is 4.79 Å². The second kappa shape index (κ2) is 3.29. The number of carbonyl (C=O) groups excluding carboxylic acids is 1. The fourth-order valence-electron chi connectivity index (χ4n) is 1.71. The molecule has 0 aromatic carbocycles. The molecule has 0 saturated heterocycles. The fraction of sp³-hybridized carbons (Fsp3) is 0.400. The van der Waals surface area contributed by atoms with E-state index < -0.39 is 0 Å². The van der Waals surface area contributed by atoms with E-state index in [1.807, 2.05) is 0 Å². The van der Waals surface area contributed by atoms with E-state index in [0.29, 0.717) is 17.9 Å². The van der Waals surface area contributed by atoms with Crippen molar-refractivity contribution in [3.63, 3.8) is 0 Å². The Morgan fingerprint density at radius 2 is 2.36 bits per heavy atom. The molecule has 1 amide bonds. The maximum atomic E-state index is 11.7. The number of hydrogen-bond acceptors (Lipinski definition) is 3. The van der Waals surface area contributed by atoms with Crippen LogP contribution in [0.4, 0.5) is 5.82 Å². The molecular formula is C10H13N3O. The van der Waals surface area contributed by atoms with E-state index >= 15 is 0 Å². The predicted molar refractivity (Wildman–Crippen MR) is 53.7 cm³/mol. The van der Waals surface area contributed by atoms with Crippen molar-refractivity contribution in [3.05, 3.63) is 23.4 Å². The minimum atomic E-state index is 0.0781. The van der Waals surface area contributed by atoms with Crippen LogP contribution >= 0.6 is 0 Å². The summed E-state index contributed by atoms with van der Waals surface area (Å²) in [5.74, 6) is 0.559. The van der Waals surface area contributed by atoms with Crippen molar-refractivity contribution in [1.82, 2.24) is 9.88 Å². The maximum Gasteiger partial charge on any atom is 0.256 e. The van der Waals surface area contributed by atoms with Gasteiger partial charge in [0.1, 0.15) is 5.82 Å². The highest BCUT2D eigenvalue weighted by atomic mass is 16.2. The molecule has 14 heavy (non-hydrogen) atoms. The summed E-state index contributed by atoms with van der Waals surface area (Å²) >= 11 is 0. The third-order valence-electron chi connectivity index (χ3n) is 2.35. The molecule has 0 aliphatic carbocycles. The van der Waals surface area contributed by atoms with Gasteiger partial charge < -0.3 is 10.6 Å². The highest BCUT2D eigenvalue weighted by Crippen LogP contribution is 2.21. The number of nitrogen functional groups attached to an aromatic ring is 1. The van der Waals surface area contributed by atoms with Crippen LogP contribution in [0.1, 0.15) is 29.4 Å². The van der Waals surface area contributed by atoms with Crippen LogP contribution in [-0.4, -0.2) is 22.3 Å². The Morgan fingerprint density at radius 1 is 1.57 bits per heavy atom. The molecule has 1 aromatic heterocycles. The molecule has 74 valence electrons. The summed E-state index contributed by atoms with van der Waals surface area (Å²) in [6.45, 7) is 3.44. The Hall–Kier alpha value is -1.58. The predicted octanol–water partition coefficient (Wildman–Crippen LogP) is 1.03. The average Bonchev–Trinajstić information content (AvgIpc) is 2.44. The summed E-state index contributed by atoms with van der Waals surface area (Å²) in [4.78, 5) is 17.7. The number of pyridine rings is 1. The zero-order valence-corrected chi connectivity index (χ0v) is 8.16. The van der Waals surface area contributed by atoms with Crippen LogP contribution in [-0.2, 0) is 6.54 Å². The Kier molecular flexibility index (Phi) is 2.11. The molecule has 0 radical (unpaired) electrons. The Bertz CT molecular complexity index is 376. The summed E-state index contributed by atoms with van der Waals surface area (Å²) in [5, 5.41) is 0. The van der Waals surface area contributed by atoms with Gasteiger partial charge in [-0.1, -0.05) is 6.92 Å². The molecule has 4 heteroatoms. The van der Waals surface area contributed by atoms with Gasteiger partial charge in [-0.2, -0.15) is 0 Å². The van der Waals surface area contributed by atoms with E-state index in [1.54, 1.807) is 17.0 Å². The van der Waals surface area contributed by atoms with Gasteiger partial charge in [-0.25, -0.2) is 4.98 Å². The first kappa shape index (κ1) is 8.99. The molecule has 0 bridgehead atoms. The first-order valence-corrected chi connectivity index (χ1v) is 4.77. The Balaban J connectivity index is 2.31. The molecule has 0 saturated carbocycles. The van der Waals surface area contributed by atoms with Crippen molar-refractivity contribution < 1.29 is 4.79 Å². The van der Waals surface area contributed by atoms with E-state index in [9.17, 15) is 4.79 Å². The van der Waals surface area contributed by atoms with Crippen LogP contribution < -0.4 is 5.73 Å². The van der Waals surface area contributed by atoms with Gasteiger partial charge in [-0.15, -0.1) is 0 Å². The van der Waals surface area contributed by atoms with Gasteiger partial charge >= 0.3 is 0 Å². The Morgan fingerprint density at radius 3 is 3.07 bits per heavy atom. The topological polar surface area (TPSA) is 59.2 Å². The summed E-state index contributed by atoms with van der Waals surface area (Å²) in [5.41, 5.74) is 7.07. The minimum absolute atomic E-state index is 0.0781. The molecule has 2 rings (SSSR count). The van der Waals surface area contributed by atoms with Gasteiger partial charge in [0.05, 0.1) is 17.8 Å². The van der Waals surface area contributed by atoms with Crippen molar-refractivity contribution in [2.24, 2.45) is 0 Å². The molecule has 2 N–H and O–H groups in total. The summed E-state index contributed by atoms with van der Waals surface area (Å²) in [7, 11) is 0. The highest BCUT2D eigenvalue weighted by molar-refractivity contribution is 5.97. The first-order chi connectivity index (χ1) is 6.72. The number of hydrogen-bond donors (Lipinski definition) is 1. The van der Waals surface area contributed by atoms with Crippen molar-refractivity contribution in [2.75, 3.05) is 12.3 Å². The van der Waals surface area contributed by atoms with E-state index in [2.05, 4.69) is 11.9 Å². The van der Waals surface area contributed by atoms with Crippen LogP contribution in [0.25, 0.3) is 0 Å². The second-order valence-electron chi connectivity index (χ2n) is 3.46. The number of nitrogens with zero attached hydrogens (tertiary/aromatic N) is 2. The van der Waals surface area contributed by atoms with Gasteiger partial charge in [0.15, 0.2) is 0 Å². The minimum Gasteiger partial charge on any atom is -0.384 e. The molecule has 2 heterocycles. The number of anilines is 1. The monoisotopic (exact) mass is 191 g/mol. The van der Waals surface area contributed by atoms with E-state index in [0.717, 1.165) is 18.7 Å². The summed E-state index contributed by atoms with van der Waals surface area (Å²) in [6, 6.07) is 3.43. The van der Waals surface area contributed by atoms with Crippen LogP contribution in [0.5, 0.6) is 0 Å². The molecule has 0 fully saturated rings. The smallest absolute Gasteiger partial charge is 0.256 e.